The molecule has 0 bridgehead atoms. The molecule has 0 fully saturated rings. The van der Waals surface area contributed by atoms with E-state index in [2.05, 4.69) is 0 Å². The van der Waals surface area contributed by atoms with Crippen LogP contribution in [0.3, 0.4) is 0 Å². The zero-order chi connectivity index (χ0) is 14.5. The lowest BCUT2D eigenvalue weighted by molar-refractivity contribution is 0.0696. The van der Waals surface area contributed by atoms with Crippen LogP contribution < -0.4 is 8.37 Å². The minimum Gasteiger partial charge on any atom is -0.478 e. The van der Waals surface area contributed by atoms with E-state index in [0.717, 1.165) is 5.56 Å². The molecule has 0 aliphatic rings. The molecule has 104 valence electrons. The maximum Gasteiger partial charge on any atom is 0.417 e. The van der Waals surface area contributed by atoms with Gasteiger partial charge < -0.3 is 13.5 Å². The lowest BCUT2D eigenvalue weighted by Crippen LogP contribution is -2.08. The predicted octanol–water partition coefficient (Wildman–Crippen LogP) is 2.73. The molecule has 1 N–H and O–H groups in total. The zero-order valence-electron chi connectivity index (χ0n) is 10.6. The van der Waals surface area contributed by atoms with Crippen LogP contribution in [-0.2, 0) is 11.4 Å². The molecule has 0 spiro atoms. The first-order valence-electron chi connectivity index (χ1n) is 5.73. The van der Waals surface area contributed by atoms with Gasteiger partial charge in [0.2, 0.25) is 0 Å². The molecule has 0 saturated heterocycles. The van der Waals surface area contributed by atoms with Gasteiger partial charge in [0, 0.05) is 0 Å². The van der Waals surface area contributed by atoms with Crippen molar-refractivity contribution < 1.29 is 22.5 Å². The Morgan fingerprint density at radius 2 is 1.70 bits per heavy atom. The average Bonchev–Trinajstić information content (AvgIpc) is 2.41. The highest BCUT2D eigenvalue weighted by Crippen LogP contribution is 2.17. The van der Waals surface area contributed by atoms with E-state index in [4.69, 9.17) is 13.5 Å². The summed E-state index contributed by atoms with van der Waals surface area (Å²) in [7, 11) is 0. The van der Waals surface area contributed by atoms with Gasteiger partial charge in [-0.15, -0.1) is 0 Å². The van der Waals surface area contributed by atoms with E-state index in [1.807, 2.05) is 19.1 Å². The average molecular weight is 292 g/mol. The molecule has 0 amide bonds. The molecule has 2 rings (SSSR count). The molecule has 2 aromatic carbocycles. The van der Waals surface area contributed by atoms with E-state index in [1.165, 1.54) is 24.3 Å². The molecule has 0 aliphatic heterocycles. The molecule has 0 saturated carbocycles. The third-order valence-electron chi connectivity index (χ3n) is 2.43. The fourth-order valence-electron chi connectivity index (χ4n) is 1.45. The fraction of sp³-hybridized carbons (Fsp3) is 0.0714. The number of benzene rings is 2. The molecule has 1 unspecified atom stereocenters. The molecule has 0 aliphatic carbocycles. The van der Waals surface area contributed by atoms with Crippen LogP contribution in [0, 0.1) is 6.92 Å². The highest BCUT2D eigenvalue weighted by atomic mass is 32.2. The van der Waals surface area contributed by atoms with Crippen LogP contribution in [0.4, 0.5) is 0 Å². The summed E-state index contributed by atoms with van der Waals surface area (Å²) in [4.78, 5) is 10.8. The number of carboxylic acids is 1. The van der Waals surface area contributed by atoms with Crippen molar-refractivity contribution in [3.05, 3.63) is 59.7 Å². The lowest BCUT2D eigenvalue weighted by Gasteiger charge is -2.06. The Balaban J connectivity index is 2.02. The van der Waals surface area contributed by atoms with Crippen molar-refractivity contribution in [1.29, 1.82) is 0 Å². The third-order valence-corrected chi connectivity index (χ3v) is 3.09. The van der Waals surface area contributed by atoms with Gasteiger partial charge in [0.05, 0.1) is 5.56 Å². The number of rotatable bonds is 5. The van der Waals surface area contributed by atoms with Crippen LogP contribution >= 0.6 is 0 Å². The first kappa shape index (κ1) is 14.1. The second kappa shape index (κ2) is 6.21. The molecule has 2 aromatic rings. The van der Waals surface area contributed by atoms with Gasteiger partial charge in [0.1, 0.15) is 11.5 Å². The number of aryl methyl sites for hydroxylation is 1. The van der Waals surface area contributed by atoms with Crippen molar-refractivity contribution in [2.45, 2.75) is 6.92 Å². The van der Waals surface area contributed by atoms with E-state index in [1.54, 1.807) is 12.1 Å². The second-order valence-electron chi connectivity index (χ2n) is 4.02. The van der Waals surface area contributed by atoms with Gasteiger partial charge in [0.25, 0.3) is 0 Å². The molecular weight excluding hydrogens is 280 g/mol. The van der Waals surface area contributed by atoms with Crippen LogP contribution in [-0.4, -0.2) is 15.3 Å². The van der Waals surface area contributed by atoms with Crippen molar-refractivity contribution in [2.75, 3.05) is 0 Å². The Morgan fingerprint density at radius 1 is 1.05 bits per heavy atom. The summed E-state index contributed by atoms with van der Waals surface area (Å²) in [5.74, 6) is -0.514. The summed E-state index contributed by atoms with van der Waals surface area (Å²) < 4.78 is 21.8. The number of hydrogen-bond acceptors (Lipinski definition) is 4. The van der Waals surface area contributed by atoms with Gasteiger partial charge in [-0.2, -0.15) is 4.21 Å². The van der Waals surface area contributed by atoms with Crippen molar-refractivity contribution in [3.8, 4) is 11.5 Å². The summed E-state index contributed by atoms with van der Waals surface area (Å²) in [5, 5.41) is 8.84. The van der Waals surface area contributed by atoms with Gasteiger partial charge in [-0.3, -0.25) is 0 Å². The molecule has 1 atom stereocenters. The quantitative estimate of drug-likeness (QED) is 0.917. The van der Waals surface area contributed by atoms with Gasteiger partial charge >= 0.3 is 17.3 Å². The van der Waals surface area contributed by atoms with Crippen molar-refractivity contribution >= 4 is 17.3 Å². The standard InChI is InChI=1S/C14H12O5S/c1-10-5-7-12(8-6-10)18-20(17)19-13-4-2-3-11(9-13)14(15)16/h2-9H,1H3,(H,15,16). The van der Waals surface area contributed by atoms with E-state index < -0.39 is 17.3 Å². The highest BCUT2D eigenvalue weighted by Gasteiger charge is 2.08. The largest absolute Gasteiger partial charge is 0.478 e. The molecule has 5 nitrogen and oxygen atoms in total. The number of hydrogen-bond donors (Lipinski definition) is 1. The third kappa shape index (κ3) is 3.83. The van der Waals surface area contributed by atoms with Gasteiger partial charge in [0.15, 0.2) is 0 Å². The Bertz CT molecular complexity index is 636. The van der Waals surface area contributed by atoms with Gasteiger partial charge in [-0.05, 0) is 37.3 Å². The van der Waals surface area contributed by atoms with Gasteiger partial charge in [-0.25, -0.2) is 4.79 Å². The number of aromatic carboxylic acids is 1. The zero-order valence-corrected chi connectivity index (χ0v) is 11.4. The molecule has 0 heterocycles. The SMILES string of the molecule is Cc1ccc(OS(=O)Oc2cccc(C(=O)O)c2)cc1. The molecular formula is C14H12O5S. The normalized spacial score (nSPS) is 11.7. The summed E-state index contributed by atoms with van der Waals surface area (Å²) in [5.41, 5.74) is 1.10. The van der Waals surface area contributed by atoms with Crippen LogP contribution in [0.5, 0.6) is 11.5 Å². The van der Waals surface area contributed by atoms with E-state index in [-0.39, 0.29) is 11.3 Å². The minimum absolute atomic E-state index is 0.0508. The monoisotopic (exact) mass is 292 g/mol. The number of carboxylic acid groups (broad SMARTS) is 1. The molecule has 20 heavy (non-hydrogen) atoms. The van der Waals surface area contributed by atoms with E-state index in [9.17, 15) is 9.00 Å². The summed E-state index contributed by atoms with van der Waals surface area (Å²) in [6.07, 6.45) is 0. The predicted molar refractivity (Wildman–Crippen MR) is 74.0 cm³/mol. The summed E-state index contributed by atoms with van der Waals surface area (Å²) in [6, 6.07) is 12.7. The lowest BCUT2D eigenvalue weighted by atomic mass is 10.2. The molecule has 0 aromatic heterocycles. The van der Waals surface area contributed by atoms with Crippen LogP contribution in [0.1, 0.15) is 15.9 Å². The smallest absolute Gasteiger partial charge is 0.417 e. The molecule has 6 heteroatoms. The molecule has 0 radical (unpaired) electrons. The second-order valence-corrected chi connectivity index (χ2v) is 4.76. The first-order valence-corrected chi connectivity index (χ1v) is 6.73. The van der Waals surface area contributed by atoms with Gasteiger partial charge in [-0.1, -0.05) is 23.8 Å². The summed E-state index contributed by atoms with van der Waals surface area (Å²) in [6.45, 7) is 1.93. The van der Waals surface area contributed by atoms with Crippen molar-refractivity contribution in [1.82, 2.24) is 0 Å². The van der Waals surface area contributed by atoms with Crippen LogP contribution in [0.25, 0.3) is 0 Å². The van der Waals surface area contributed by atoms with E-state index >= 15 is 0 Å². The fourth-order valence-corrected chi connectivity index (χ4v) is 2.01. The summed E-state index contributed by atoms with van der Waals surface area (Å²) >= 11 is -2.04. The Morgan fingerprint density at radius 3 is 2.35 bits per heavy atom. The maximum atomic E-state index is 11.7. The van der Waals surface area contributed by atoms with Crippen molar-refractivity contribution in [2.24, 2.45) is 0 Å². The Kier molecular flexibility index (Phi) is 4.37. The van der Waals surface area contributed by atoms with Crippen LogP contribution in [0.2, 0.25) is 0 Å². The maximum absolute atomic E-state index is 11.7. The number of carbonyl (C=O) groups is 1. The Labute approximate surface area is 118 Å². The highest BCUT2D eigenvalue weighted by molar-refractivity contribution is 7.75. The van der Waals surface area contributed by atoms with Crippen LogP contribution in [0.15, 0.2) is 48.5 Å². The first-order chi connectivity index (χ1) is 9.54. The Hall–Kier alpha value is -2.34. The van der Waals surface area contributed by atoms with Crippen molar-refractivity contribution in [3.63, 3.8) is 0 Å². The van der Waals surface area contributed by atoms with E-state index in [0.29, 0.717) is 5.75 Å². The topological polar surface area (TPSA) is 72.8 Å². The minimum atomic E-state index is -2.04.